The van der Waals surface area contributed by atoms with Gasteiger partial charge in [-0.15, -0.1) is 0 Å². The minimum Gasteiger partial charge on any atom is -0.427 e. The normalized spacial score (nSPS) is 10.6. The smallest absolute Gasteiger partial charge is 0.308 e. The van der Waals surface area contributed by atoms with Gasteiger partial charge in [0, 0.05) is 30.8 Å². The summed E-state index contributed by atoms with van der Waals surface area (Å²) in [6.45, 7) is 1.46. The third-order valence-electron chi connectivity index (χ3n) is 4.37. The van der Waals surface area contributed by atoms with Crippen molar-refractivity contribution in [3.05, 3.63) is 101 Å². The average Bonchev–Trinajstić information content (AvgIpc) is 2.77. The van der Waals surface area contributed by atoms with E-state index in [1.54, 1.807) is 60.7 Å². The second-order valence-electron chi connectivity index (χ2n) is 6.84. The summed E-state index contributed by atoms with van der Waals surface area (Å²) < 4.78 is 18.0. The lowest BCUT2D eigenvalue weighted by Gasteiger charge is -2.11. The molecule has 32 heavy (non-hydrogen) atoms. The number of carbonyl (C=O) groups is 3. The molecule has 3 aromatic rings. The summed E-state index contributed by atoms with van der Waals surface area (Å²) >= 11 is 0. The molecule has 0 aliphatic heterocycles. The number of hydrogen-bond donors (Lipinski definition) is 2. The Morgan fingerprint density at radius 2 is 1.72 bits per heavy atom. The summed E-state index contributed by atoms with van der Waals surface area (Å²) in [6, 6.07) is 19.1. The van der Waals surface area contributed by atoms with Crippen LogP contribution < -0.4 is 15.4 Å². The molecule has 3 aromatic carbocycles. The number of rotatable bonds is 7. The van der Waals surface area contributed by atoms with Crippen LogP contribution in [-0.4, -0.2) is 17.8 Å². The molecule has 0 radical (unpaired) electrons. The molecule has 0 aromatic heterocycles. The molecule has 6 nitrogen and oxygen atoms in total. The molecule has 0 fully saturated rings. The van der Waals surface area contributed by atoms with Gasteiger partial charge in [-0.1, -0.05) is 36.4 Å². The molecular formula is C25H21FN2O4. The Balaban J connectivity index is 1.62. The van der Waals surface area contributed by atoms with Crippen molar-refractivity contribution in [1.82, 2.24) is 5.32 Å². The molecule has 3 rings (SSSR count). The Morgan fingerprint density at radius 1 is 0.969 bits per heavy atom. The standard InChI is InChI=1S/C25H21FN2O4/c1-17(29)32-22-7-4-6-19(15-22)25(31)27-16-20-5-2-3-8-23(20)28-24(30)14-11-18-9-12-21(26)13-10-18/h2-15H,16H2,1H3,(H,27,31)(H,28,30)/b14-11+. The highest BCUT2D eigenvalue weighted by molar-refractivity contribution is 6.02. The SMILES string of the molecule is CC(=O)Oc1cccc(C(=O)NCc2ccccc2NC(=O)/C=C/c2ccc(F)cc2)c1. The molecule has 0 aliphatic rings. The Hall–Kier alpha value is -4.26. The van der Waals surface area contributed by atoms with Crippen LogP contribution in [0.1, 0.15) is 28.4 Å². The first-order valence-electron chi connectivity index (χ1n) is 9.80. The lowest BCUT2D eigenvalue weighted by molar-refractivity contribution is -0.131. The van der Waals surface area contributed by atoms with Crippen molar-refractivity contribution >= 4 is 29.5 Å². The van der Waals surface area contributed by atoms with Crippen LogP contribution in [0, 0.1) is 5.82 Å². The molecule has 0 bridgehead atoms. The number of nitrogens with one attached hydrogen (secondary N) is 2. The molecule has 0 aliphatic carbocycles. The summed E-state index contributed by atoms with van der Waals surface area (Å²) in [4.78, 5) is 35.9. The number of esters is 1. The average molecular weight is 432 g/mol. The van der Waals surface area contributed by atoms with E-state index >= 15 is 0 Å². The third kappa shape index (κ3) is 6.63. The van der Waals surface area contributed by atoms with Crippen molar-refractivity contribution in [2.24, 2.45) is 0 Å². The first kappa shape index (κ1) is 22.4. The fourth-order valence-corrected chi connectivity index (χ4v) is 2.86. The van der Waals surface area contributed by atoms with Crippen LogP contribution in [0.3, 0.4) is 0 Å². The quantitative estimate of drug-likeness (QED) is 0.331. The van der Waals surface area contributed by atoms with Crippen molar-refractivity contribution in [2.75, 3.05) is 5.32 Å². The highest BCUT2D eigenvalue weighted by atomic mass is 19.1. The van der Waals surface area contributed by atoms with Gasteiger partial charge in [-0.25, -0.2) is 4.39 Å². The van der Waals surface area contributed by atoms with Gasteiger partial charge in [-0.3, -0.25) is 14.4 Å². The van der Waals surface area contributed by atoms with Crippen molar-refractivity contribution in [3.63, 3.8) is 0 Å². The minimum atomic E-state index is -0.472. The van der Waals surface area contributed by atoms with E-state index < -0.39 is 5.97 Å². The van der Waals surface area contributed by atoms with Gasteiger partial charge >= 0.3 is 5.97 Å². The second kappa shape index (κ2) is 10.7. The summed E-state index contributed by atoms with van der Waals surface area (Å²) in [7, 11) is 0. The van der Waals surface area contributed by atoms with Crippen LogP contribution in [0.2, 0.25) is 0 Å². The number of carbonyl (C=O) groups excluding carboxylic acids is 3. The van der Waals surface area contributed by atoms with Gasteiger partial charge in [0.05, 0.1) is 0 Å². The van der Waals surface area contributed by atoms with Crippen LogP contribution in [0.15, 0.2) is 78.9 Å². The number of para-hydroxylation sites is 1. The molecule has 7 heteroatoms. The Morgan fingerprint density at radius 3 is 2.47 bits per heavy atom. The molecule has 2 N–H and O–H groups in total. The number of amides is 2. The summed E-state index contributed by atoms with van der Waals surface area (Å²) in [5, 5.41) is 5.57. The largest absolute Gasteiger partial charge is 0.427 e. The molecular weight excluding hydrogens is 411 g/mol. The molecule has 162 valence electrons. The van der Waals surface area contributed by atoms with E-state index in [1.165, 1.54) is 31.2 Å². The van der Waals surface area contributed by atoms with E-state index in [4.69, 9.17) is 4.74 Å². The number of halogens is 1. The van der Waals surface area contributed by atoms with Crippen molar-refractivity contribution in [1.29, 1.82) is 0 Å². The Labute approximate surface area is 184 Å². The van der Waals surface area contributed by atoms with E-state index in [0.29, 0.717) is 22.4 Å². The number of ether oxygens (including phenoxy) is 1. The van der Waals surface area contributed by atoms with Gasteiger partial charge < -0.3 is 15.4 Å². The molecule has 0 heterocycles. The predicted octanol–water partition coefficient (Wildman–Crippen LogP) is 4.33. The number of anilines is 1. The lowest BCUT2D eigenvalue weighted by Crippen LogP contribution is -2.23. The Kier molecular flexibility index (Phi) is 7.48. The van der Waals surface area contributed by atoms with Crippen LogP contribution in [0.5, 0.6) is 5.75 Å². The number of benzene rings is 3. The second-order valence-corrected chi connectivity index (χ2v) is 6.84. The maximum atomic E-state index is 13.0. The summed E-state index contributed by atoms with van der Waals surface area (Å²) in [6.07, 6.45) is 2.93. The van der Waals surface area contributed by atoms with E-state index in [0.717, 1.165) is 0 Å². The monoisotopic (exact) mass is 432 g/mol. The highest BCUT2D eigenvalue weighted by Gasteiger charge is 2.10. The van der Waals surface area contributed by atoms with Gasteiger partial charge in [0.15, 0.2) is 0 Å². The van der Waals surface area contributed by atoms with Crippen LogP contribution in [0.25, 0.3) is 6.08 Å². The van der Waals surface area contributed by atoms with Gasteiger partial charge in [0.25, 0.3) is 5.91 Å². The maximum Gasteiger partial charge on any atom is 0.308 e. The highest BCUT2D eigenvalue weighted by Crippen LogP contribution is 2.17. The predicted molar refractivity (Wildman–Crippen MR) is 119 cm³/mol. The fraction of sp³-hybridized carbons (Fsp3) is 0.0800. The zero-order valence-electron chi connectivity index (χ0n) is 17.3. The molecule has 0 atom stereocenters. The van der Waals surface area contributed by atoms with Gasteiger partial charge in [0.2, 0.25) is 5.91 Å². The van der Waals surface area contributed by atoms with Crippen molar-refractivity contribution < 1.29 is 23.5 Å². The lowest BCUT2D eigenvalue weighted by atomic mass is 10.1. The van der Waals surface area contributed by atoms with Crippen LogP contribution >= 0.6 is 0 Å². The number of hydrogen-bond acceptors (Lipinski definition) is 4. The van der Waals surface area contributed by atoms with Crippen molar-refractivity contribution in [2.45, 2.75) is 13.5 Å². The van der Waals surface area contributed by atoms with Crippen molar-refractivity contribution in [3.8, 4) is 5.75 Å². The molecule has 0 spiro atoms. The van der Waals surface area contributed by atoms with Crippen LogP contribution in [-0.2, 0) is 16.1 Å². The van der Waals surface area contributed by atoms with E-state index in [9.17, 15) is 18.8 Å². The Bertz CT molecular complexity index is 1160. The van der Waals surface area contributed by atoms with Crippen LogP contribution in [0.4, 0.5) is 10.1 Å². The molecule has 0 saturated heterocycles. The summed E-state index contributed by atoms with van der Waals surface area (Å²) in [5.74, 6) is -1.24. The molecule has 2 amide bonds. The molecule has 0 unspecified atom stereocenters. The van der Waals surface area contributed by atoms with Gasteiger partial charge in [0.1, 0.15) is 11.6 Å². The van der Waals surface area contributed by atoms with Gasteiger partial charge in [-0.2, -0.15) is 0 Å². The van der Waals surface area contributed by atoms with E-state index in [-0.39, 0.29) is 29.9 Å². The third-order valence-corrected chi connectivity index (χ3v) is 4.37. The van der Waals surface area contributed by atoms with E-state index in [1.807, 2.05) is 0 Å². The summed E-state index contributed by atoms with van der Waals surface area (Å²) in [5.41, 5.74) is 2.29. The fourth-order valence-electron chi connectivity index (χ4n) is 2.86. The maximum absolute atomic E-state index is 13.0. The zero-order valence-corrected chi connectivity index (χ0v) is 17.3. The first-order valence-corrected chi connectivity index (χ1v) is 9.80. The zero-order chi connectivity index (χ0) is 22.9. The molecule has 0 saturated carbocycles. The first-order chi connectivity index (χ1) is 15.4. The minimum absolute atomic E-state index is 0.175. The van der Waals surface area contributed by atoms with E-state index in [2.05, 4.69) is 10.6 Å². The van der Waals surface area contributed by atoms with Gasteiger partial charge in [-0.05, 0) is 53.6 Å². The topological polar surface area (TPSA) is 84.5 Å².